The molecule has 3 heterocycles. The van der Waals surface area contributed by atoms with Crippen LogP contribution >= 0.6 is 15.9 Å². The fourth-order valence-electron chi connectivity index (χ4n) is 3.99. The minimum atomic E-state index is 0.351. The van der Waals surface area contributed by atoms with Crippen LogP contribution in [-0.4, -0.2) is 30.6 Å². The summed E-state index contributed by atoms with van der Waals surface area (Å²) in [6.45, 7) is 5.78. The molecular weight excluding hydrogens is 328 g/mol. The molecule has 0 bridgehead atoms. The standard InChI is InChI=1S/C17H21BrN2O/c1-11(20-6-2-3-12-9-19-10-15(12)20)17-8-13-7-14(18)4-5-16(13)21-17/h4-5,7-8,11-12,15,19H,2-3,6,9-10H2,1H3. The lowest BCUT2D eigenvalue weighted by molar-refractivity contribution is 0.0754. The Labute approximate surface area is 133 Å². The first-order chi connectivity index (χ1) is 10.2. The van der Waals surface area contributed by atoms with Gasteiger partial charge in [0.05, 0.1) is 6.04 Å². The number of hydrogen-bond acceptors (Lipinski definition) is 3. The lowest BCUT2D eigenvalue weighted by atomic mass is 9.90. The SMILES string of the molecule is CC(c1cc2cc(Br)ccc2o1)N1CCCC2CNCC21. The first-order valence-corrected chi connectivity index (χ1v) is 8.67. The number of hydrogen-bond donors (Lipinski definition) is 1. The van der Waals surface area contributed by atoms with Gasteiger partial charge in [-0.05, 0) is 63.0 Å². The molecular formula is C17H21BrN2O. The lowest BCUT2D eigenvalue weighted by Gasteiger charge is -2.40. The second-order valence-corrected chi connectivity index (χ2v) is 7.29. The molecule has 0 spiro atoms. The highest BCUT2D eigenvalue weighted by Crippen LogP contribution is 2.35. The van der Waals surface area contributed by atoms with Crippen molar-refractivity contribution < 1.29 is 4.42 Å². The molecule has 112 valence electrons. The number of fused-ring (bicyclic) bond motifs is 2. The van der Waals surface area contributed by atoms with Gasteiger partial charge in [-0.25, -0.2) is 0 Å². The molecule has 3 atom stereocenters. The number of piperidine rings is 1. The van der Waals surface area contributed by atoms with Crippen LogP contribution in [0.4, 0.5) is 0 Å². The lowest BCUT2D eigenvalue weighted by Crippen LogP contribution is -2.46. The van der Waals surface area contributed by atoms with Gasteiger partial charge in [-0.3, -0.25) is 4.90 Å². The summed E-state index contributed by atoms with van der Waals surface area (Å²) < 4.78 is 7.21. The van der Waals surface area contributed by atoms with E-state index in [1.54, 1.807) is 0 Å². The predicted octanol–water partition coefficient (Wildman–Crippen LogP) is 3.94. The molecule has 0 amide bonds. The Balaban J connectivity index is 1.64. The maximum absolute atomic E-state index is 6.10. The molecule has 2 fully saturated rings. The predicted molar refractivity (Wildman–Crippen MR) is 88.4 cm³/mol. The average molecular weight is 349 g/mol. The number of furan rings is 1. The number of halogens is 1. The largest absolute Gasteiger partial charge is 0.459 e. The molecule has 2 aromatic rings. The van der Waals surface area contributed by atoms with Crippen LogP contribution in [0.15, 0.2) is 33.2 Å². The van der Waals surface area contributed by atoms with Crippen molar-refractivity contribution in [2.75, 3.05) is 19.6 Å². The molecule has 2 saturated heterocycles. The fraction of sp³-hybridized carbons (Fsp3) is 0.529. The van der Waals surface area contributed by atoms with Crippen molar-refractivity contribution in [2.45, 2.75) is 31.8 Å². The Morgan fingerprint density at radius 2 is 2.24 bits per heavy atom. The van der Waals surface area contributed by atoms with E-state index in [0.29, 0.717) is 12.1 Å². The smallest absolute Gasteiger partial charge is 0.134 e. The molecule has 1 aromatic heterocycles. The first-order valence-electron chi connectivity index (χ1n) is 7.88. The summed E-state index contributed by atoms with van der Waals surface area (Å²) >= 11 is 3.53. The highest BCUT2D eigenvalue weighted by atomic mass is 79.9. The van der Waals surface area contributed by atoms with Crippen LogP contribution in [0.2, 0.25) is 0 Å². The van der Waals surface area contributed by atoms with E-state index in [1.807, 2.05) is 12.1 Å². The van der Waals surface area contributed by atoms with Gasteiger partial charge in [0, 0.05) is 22.4 Å². The van der Waals surface area contributed by atoms with Crippen molar-refractivity contribution in [3.63, 3.8) is 0 Å². The minimum absolute atomic E-state index is 0.351. The van der Waals surface area contributed by atoms with Crippen molar-refractivity contribution in [3.05, 3.63) is 34.5 Å². The topological polar surface area (TPSA) is 28.4 Å². The van der Waals surface area contributed by atoms with Gasteiger partial charge in [-0.2, -0.15) is 0 Å². The average Bonchev–Trinajstić information content (AvgIpc) is 3.11. The van der Waals surface area contributed by atoms with Gasteiger partial charge < -0.3 is 9.73 Å². The van der Waals surface area contributed by atoms with Crippen molar-refractivity contribution in [1.82, 2.24) is 10.2 Å². The number of nitrogens with one attached hydrogen (secondary N) is 1. The van der Waals surface area contributed by atoms with E-state index in [1.165, 1.54) is 31.3 Å². The summed E-state index contributed by atoms with van der Waals surface area (Å²) in [5.74, 6) is 1.91. The molecule has 2 aliphatic rings. The molecule has 0 aliphatic carbocycles. The molecule has 3 nitrogen and oxygen atoms in total. The van der Waals surface area contributed by atoms with Crippen LogP contribution in [0.5, 0.6) is 0 Å². The Hall–Kier alpha value is -0.840. The van der Waals surface area contributed by atoms with Crippen LogP contribution < -0.4 is 5.32 Å². The second kappa shape index (κ2) is 5.41. The Morgan fingerprint density at radius 3 is 3.14 bits per heavy atom. The molecule has 2 aliphatic heterocycles. The number of rotatable bonds is 2. The third-order valence-corrected chi connectivity index (χ3v) is 5.62. The molecule has 3 unspecified atom stereocenters. The Kier molecular flexibility index (Phi) is 3.56. The van der Waals surface area contributed by atoms with Gasteiger partial charge in [0.1, 0.15) is 11.3 Å². The number of nitrogens with zero attached hydrogens (tertiary/aromatic N) is 1. The summed E-state index contributed by atoms with van der Waals surface area (Å²) in [7, 11) is 0. The zero-order valence-electron chi connectivity index (χ0n) is 12.3. The van der Waals surface area contributed by atoms with E-state index in [0.717, 1.165) is 28.3 Å². The van der Waals surface area contributed by atoms with Crippen LogP contribution in [-0.2, 0) is 0 Å². The molecule has 21 heavy (non-hydrogen) atoms. The van der Waals surface area contributed by atoms with E-state index in [9.17, 15) is 0 Å². The van der Waals surface area contributed by atoms with Crippen LogP contribution in [0.25, 0.3) is 11.0 Å². The monoisotopic (exact) mass is 348 g/mol. The maximum Gasteiger partial charge on any atom is 0.134 e. The molecule has 0 radical (unpaired) electrons. The number of likely N-dealkylation sites (tertiary alicyclic amines) is 1. The summed E-state index contributed by atoms with van der Waals surface area (Å²) in [5.41, 5.74) is 0.984. The third-order valence-electron chi connectivity index (χ3n) is 5.13. The van der Waals surface area contributed by atoms with Crippen LogP contribution in [0.1, 0.15) is 31.6 Å². The highest BCUT2D eigenvalue weighted by molar-refractivity contribution is 9.10. The van der Waals surface area contributed by atoms with Gasteiger partial charge in [-0.15, -0.1) is 0 Å². The highest BCUT2D eigenvalue weighted by Gasteiger charge is 2.38. The van der Waals surface area contributed by atoms with Crippen molar-refractivity contribution in [2.24, 2.45) is 5.92 Å². The van der Waals surface area contributed by atoms with E-state index in [4.69, 9.17) is 4.42 Å². The first kappa shape index (κ1) is 13.8. The second-order valence-electron chi connectivity index (χ2n) is 6.37. The van der Waals surface area contributed by atoms with Gasteiger partial charge in [0.2, 0.25) is 0 Å². The quantitative estimate of drug-likeness (QED) is 0.890. The van der Waals surface area contributed by atoms with Gasteiger partial charge in [0.15, 0.2) is 0 Å². The van der Waals surface area contributed by atoms with E-state index < -0.39 is 0 Å². The van der Waals surface area contributed by atoms with Gasteiger partial charge in [-0.1, -0.05) is 15.9 Å². The van der Waals surface area contributed by atoms with Gasteiger partial charge in [0.25, 0.3) is 0 Å². The maximum atomic E-state index is 6.10. The van der Waals surface area contributed by atoms with Crippen molar-refractivity contribution in [3.8, 4) is 0 Å². The van der Waals surface area contributed by atoms with E-state index in [-0.39, 0.29) is 0 Å². The summed E-state index contributed by atoms with van der Waals surface area (Å²) in [6.07, 6.45) is 2.67. The zero-order chi connectivity index (χ0) is 14.4. The van der Waals surface area contributed by atoms with Crippen molar-refractivity contribution in [1.29, 1.82) is 0 Å². The third kappa shape index (κ3) is 2.43. The van der Waals surface area contributed by atoms with Gasteiger partial charge >= 0.3 is 0 Å². The molecule has 4 heteroatoms. The summed E-state index contributed by atoms with van der Waals surface area (Å²) in [6, 6.07) is 9.45. The zero-order valence-corrected chi connectivity index (χ0v) is 13.9. The summed E-state index contributed by atoms with van der Waals surface area (Å²) in [4.78, 5) is 2.64. The Morgan fingerprint density at radius 1 is 1.33 bits per heavy atom. The normalized spacial score (nSPS) is 27.9. The minimum Gasteiger partial charge on any atom is -0.459 e. The van der Waals surface area contributed by atoms with E-state index in [2.05, 4.69) is 45.2 Å². The summed E-state index contributed by atoms with van der Waals surface area (Å²) in [5, 5.41) is 4.74. The molecule has 1 aromatic carbocycles. The van der Waals surface area contributed by atoms with Crippen LogP contribution in [0.3, 0.4) is 0 Å². The fourth-order valence-corrected chi connectivity index (χ4v) is 4.37. The van der Waals surface area contributed by atoms with Crippen molar-refractivity contribution >= 4 is 26.9 Å². The molecule has 0 saturated carbocycles. The van der Waals surface area contributed by atoms with E-state index >= 15 is 0 Å². The molecule has 1 N–H and O–H groups in total. The molecule has 4 rings (SSSR count). The van der Waals surface area contributed by atoms with Crippen LogP contribution in [0, 0.1) is 5.92 Å². The Bertz CT molecular complexity index is 653. The number of benzene rings is 1.